The van der Waals surface area contributed by atoms with Gasteiger partial charge in [0.25, 0.3) is 5.91 Å². The summed E-state index contributed by atoms with van der Waals surface area (Å²) in [7, 11) is 1.71. The van der Waals surface area contributed by atoms with E-state index in [1.165, 1.54) is 0 Å². The van der Waals surface area contributed by atoms with Gasteiger partial charge in [-0.05, 0) is 43.9 Å². The number of ether oxygens (including phenoxy) is 3. The molecule has 1 amide bonds. The van der Waals surface area contributed by atoms with E-state index in [2.05, 4.69) is 0 Å². The van der Waals surface area contributed by atoms with E-state index in [0.717, 1.165) is 19.3 Å². The SMILES string of the molecule is CO[C@@]12CC[C@H](O)C[C@@H]1N(C(=O)c1ccc3c(c1)OCCO3)CC2. The van der Waals surface area contributed by atoms with Crippen molar-refractivity contribution in [2.24, 2.45) is 0 Å². The minimum absolute atomic E-state index is 0.0370. The molecule has 1 N–H and O–H groups in total. The summed E-state index contributed by atoms with van der Waals surface area (Å²) in [6.07, 6.45) is 2.55. The van der Waals surface area contributed by atoms with Gasteiger partial charge in [-0.2, -0.15) is 0 Å². The summed E-state index contributed by atoms with van der Waals surface area (Å²) >= 11 is 0. The Morgan fingerprint density at radius 2 is 2.08 bits per heavy atom. The molecule has 1 aromatic rings. The van der Waals surface area contributed by atoms with Crippen LogP contribution in [0.15, 0.2) is 18.2 Å². The van der Waals surface area contributed by atoms with Crippen LogP contribution in [-0.2, 0) is 4.74 Å². The fourth-order valence-electron chi connectivity index (χ4n) is 4.26. The van der Waals surface area contributed by atoms with Crippen molar-refractivity contribution in [3.63, 3.8) is 0 Å². The molecule has 0 bridgehead atoms. The molecule has 3 aliphatic rings. The van der Waals surface area contributed by atoms with Crippen molar-refractivity contribution in [1.29, 1.82) is 0 Å². The summed E-state index contributed by atoms with van der Waals surface area (Å²) < 4.78 is 16.9. The number of hydrogen-bond acceptors (Lipinski definition) is 5. The molecule has 130 valence electrons. The predicted molar refractivity (Wildman–Crippen MR) is 86.5 cm³/mol. The van der Waals surface area contributed by atoms with Crippen molar-refractivity contribution < 1.29 is 24.1 Å². The zero-order chi connectivity index (χ0) is 16.7. The van der Waals surface area contributed by atoms with Gasteiger partial charge in [0.05, 0.1) is 17.7 Å². The summed E-state index contributed by atoms with van der Waals surface area (Å²) in [4.78, 5) is 14.9. The Kier molecular flexibility index (Phi) is 3.89. The largest absolute Gasteiger partial charge is 0.486 e. The van der Waals surface area contributed by atoms with E-state index < -0.39 is 0 Å². The standard InChI is InChI=1S/C18H23NO5/c1-22-18-5-4-13(20)11-16(18)19(7-6-18)17(21)12-2-3-14-15(10-12)24-9-8-23-14/h2-3,10,13,16,20H,4-9,11H2,1H3/t13-,16-,18+/m0/s1. The van der Waals surface area contributed by atoms with Crippen LogP contribution in [0.5, 0.6) is 11.5 Å². The number of nitrogens with zero attached hydrogens (tertiary/aromatic N) is 1. The number of amides is 1. The highest BCUT2D eigenvalue weighted by molar-refractivity contribution is 5.95. The van der Waals surface area contributed by atoms with Gasteiger partial charge in [-0.25, -0.2) is 0 Å². The Morgan fingerprint density at radius 1 is 1.29 bits per heavy atom. The average Bonchev–Trinajstić information content (AvgIpc) is 3.00. The number of aliphatic hydroxyl groups is 1. The van der Waals surface area contributed by atoms with Crippen LogP contribution < -0.4 is 9.47 Å². The Morgan fingerprint density at radius 3 is 2.88 bits per heavy atom. The van der Waals surface area contributed by atoms with Crippen molar-refractivity contribution >= 4 is 5.91 Å². The van der Waals surface area contributed by atoms with Crippen LogP contribution in [0.25, 0.3) is 0 Å². The van der Waals surface area contributed by atoms with E-state index in [1.54, 1.807) is 25.3 Å². The molecule has 2 heterocycles. The molecule has 0 unspecified atom stereocenters. The third-order valence-electron chi connectivity index (χ3n) is 5.61. The fourth-order valence-corrected chi connectivity index (χ4v) is 4.26. The molecule has 3 atom stereocenters. The molecule has 4 rings (SSSR count). The molecule has 24 heavy (non-hydrogen) atoms. The number of likely N-dealkylation sites (tertiary alicyclic amines) is 1. The molecule has 0 aromatic heterocycles. The molecule has 1 saturated heterocycles. The zero-order valence-electron chi connectivity index (χ0n) is 13.9. The molecule has 0 radical (unpaired) electrons. The quantitative estimate of drug-likeness (QED) is 0.890. The highest BCUT2D eigenvalue weighted by Crippen LogP contribution is 2.43. The predicted octanol–water partition coefficient (Wildman–Crippen LogP) is 1.60. The van der Waals surface area contributed by atoms with Gasteiger partial charge in [0.2, 0.25) is 0 Å². The van der Waals surface area contributed by atoms with Crippen LogP contribution >= 0.6 is 0 Å². The van der Waals surface area contributed by atoms with Crippen LogP contribution in [0.1, 0.15) is 36.0 Å². The molecule has 6 nitrogen and oxygen atoms in total. The first kappa shape index (κ1) is 15.7. The number of aliphatic hydroxyl groups excluding tert-OH is 1. The number of hydrogen-bond donors (Lipinski definition) is 1. The van der Waals surface area contributed by atoms with E-state index in [9.17, 15) is 9.90 Å². The maximum atomic E-state index is 13.0. The number of benzene rings is 1. The molecule has 0 spiro atoms. The maximum Gasteiger partial charge on any atom is 0.254 e. The van der Waals surface area contributed by atoms with Gasteiger partial charge >= 0.3 is 0 Å². The van der Waals surface area contributed by atoms with Crippen molar-refractivity contribution in [1.82, 2.24) is 4.90 Å². The maximum absolute atomic E-state index is 13.0. The lowest BCUT2D eigenvalue weighted by Crippen LogP contribution is -2.52. The molecule has 1 aliphatic carbocycles. The Bertz CT molecular complexity index is 648. The van der Waals surface area contributed by atoms with Gasteiger partial charge in [-0.1, -0.05) is 0 Å². The Labute approximate surface area is 141 Å². The van der Waals surface area contributed by atoms with Crippen LogP contribution in [0.4, 0.5) is 0 Å². The first-order valence-corrected chi connectivity index (χ1v) is 8.57. The molecule has 1 saturated carbocycles. The first-order valence-electron chi connectivity index (χ1n) is 8.57. The van der Waals surface area contributed by atoms with Gasteiger partial charge in [-0.3, -0.25) is 4.79 Å². The van der Waals surface area contributed by atoms with E-state index in [0.29, 0.717) is 43.2 Å². The molecule has 2 fully saturated rings. The third-order valence-corrected chi connectivity index (χ3v) is 5.61. The van der Waals surface area contributed by atoms with Gasteiger partial charge in [0.1, 0.15) is 13.2 Å². The smallest absolute Gasteiger partial charge is 0.254 e. The lowest BCUT2D eigenvalue weighted by molar-refractivity contribution is -0.0824. The van der Waals surface area contributed by atoms with E-state index in [-0.39, 0.29) is 23.7 Å². The topological polar surface area (TPSA) is 68.2 Å². The van der Waals surface area contributed by atoms with Gasteiger partial charge in [0, 0.05) is 19.2 Å². The van der Waals surface area contributed by atoms with Crippen LogP contribution in [0.2, 0.25) is 0 Å². The number of methoxy groups -OCH3 is 1. The van der Waals surface area contributed by atoms with Crippen LogP contribution in [0, 0.1) is 0 Å². The van der Waals surface area contributed by atoms with Gasteiger partial charge in [0.15, 0.2) is 11.5 Å². The van der Waals surface area contributed by atoms with Crippen LogP contribution in [0.3, 0.4) is 0 Å². The number of carbonyl (C=O) groups is 1. The van der Waals surface area contributed by atoms with Crippen LogP contribution in [-0.4, -0.2) is 60.5 Å². The summed E-state index contributed by atoms with van der Waals surface area (Å²) in [5.74, 6) is 1.26. The molecule has 2 aliphatic heterocycles. The Balaban J connectivity index is 1.60. The highest BCUT2D eigenvalue weighted by atomic mass is 16.6. The second-order valence-corrected chi connectivity index (χ2v) is 6.82. The number of rotatable bonds is 2. The molecule has 1 aromatic carbocycles. The summed E-state index contributed by atoms with van der Waals surface area (Å²) in [6, 6.07) is 5.24. The van der Waals surface area contributed by atoms with E-state index >= 15 is 0 Å². The van der Waals surface area contributed by atoms with Crippen molar-refractivity contribution in [2.75, 3.05) is 26.9 Å². The normalized spacial score (nSPS) is 31.7. The molecular weight excluding hydrogens is 310 g/mol. The highest BCUT2D eigenvalue weighted by Gasteiger charge is 2.52. The summed E-state index contributed by atoms with van der Waals surface area (Å²) in [5.41, 5.74) is 0.272. The van der Waals surface area contributed by atoms with E-state index in [4.69, 9.17) is 14.2 Å². The second kappa shape index (κ2) is 5.93. The second-order valence-electron chi connectivity index (χ2n) is 6.82. The minimum atomic E-state index is -0.369. The zero-order valence-corrected chi connectivity index (χ0v) is 13.9. The number of fused-ring (bicyclic) bond motifs is 2. The van der Waals surface area contributed by atoms with Crippen molar-refractivity contribution in [2.45, 2.75) is 43.4 Å². The number of carbonyl (C=O) groups excluding carboxylic acids is 1. The van der Waals surface area contributed by atoms with Gasteiger partial charge in [-0.15, -0.1) is 0 Å². The monoisotopic (exact) mass is 333 g/mol. The van der Waals surface area contributed by atoms with Crippen molar-refractivity contribution in [3.05, 3.63) is 23.8 Å². The lowest BCUT2D eigenvalue weighted by atomic mass is 9.79. The summed E-state index contributed by atoms with van der Waals surface area (Å²) in [5, 5.41) is 10.1. The average molecular weight is 333 g/mol. The van der Waals surface area contributed by atoms with Crippen molar-refractivity contribution in [3.8, 4) is 11.5 Å². The first-order chi connectivity index (χ1) is 11.6. The Hall–Kier alpha value is -1.79. The molecular formula is C18H23NO5. The van der Waals surface area contributed by atoms with E-state index in [1.807, 2.05) is 4.90 Å². The minimum Gasteiger partial charge on any atom is -0.486 e. The van der Waals surface area contributed by atoms with Gasteiger partial charge < -0.3 is 24.2 Å². The fraction of sp³-hybridized carbons (Fsp3) is 0.611. The lowest BCUT2D eigenvalue weighted by Gasteiger charge is -2.42. The summed E-state index contributed by atoms with van der Waals surface area (Å²) in [6.45, 7) is 1.68. The molecule has 6 heteroatoms. The third kappa shape index (κ3) is 2.45.